The lowest BCUT2D eigenvalue weighted by Crippen LogP contribution is -2.39. The second kappa shape index (κ2) is 7.43. The molecular formula is C22H25N3O2. The zero-order chi connectivity index (χ0) is 18.8. The summed E-state index contributed by atoms with van der Waals surface area (Å²) in [6, 6.07) is 15.7. The maximum atomic E-state index is 13.0. The molecule has 1 amide bonds. The van der Waals surface area contributed by atoms with Crippen molar-refractivity contribution in [3.05, 3.63) is 59.9 Å². The monoisotopic (exact) mass is 363 g/mol. The molecule has 5 heteroatoms. The minimum absolute atomic E-state index is 0.0695. The van der Waals surface area contributed by atoms with Gasteiger partial charge >= 0.3 is 0 Å². The zero-order valence-corrected chi connectivity index (χ0v) is 15.9. The highest BCUT2D eigenvalue weighted by atomic mass is 16.5. The first-order valence-corrected chi connectivity index (χ1v) is 9.61. The van der Waals surface area contributed by atoms with Crippen LogP contribution in [-0.4, -0.2) is 40.1 Å². The number of hydrogen-bond acceptors (Lipinski definition) is 3. The van der Waals surface area contributed by atoms with Gasteiger partial charge in [0, 0.05) is 31.6 Å². The second-order valence-electron chi connectivity index (χ2n) is 7.07. The number of amides is 1. The van der Waals surface area contributed by atoms with Crippen molar-refractivity contribution in [3.63, 3.8) is 0 Å². The molecule has 1 unspecified atom stereocenters. The van der Waals surface area contributed by atoms with E-state index in [-0.39, 0.29) is 11.8 Å². The number of likely N-dealkylation sites (tertiary alicyclic amines) is 1. The van der Waals surface area contributed by atoms with Gasteiger partial charge in [-0.05, 0) is 50.1 Å². The normalized spacial score (nSPS) is 17.3. The molecule has 4 rings (SSSR count). The van der Waals surface area contributed by atoms with Gasteiger partial charge in [0.2, 0.25) is 0 Å². The Morgan fingerprint density at radius 3 is 2.89 bits per heavy atom. The minimum atomic E-state index is 0.0695. The van der Waals surface area contributed by atoms with Crippen LogP contribution in [0.3, 0.4) is 0 Å². The fourth-order valence-corrected chi connectivity index (χ4v) is 3.97. The molecule has 1 saturated heterocycles. The standard InChI is InChI=1S/C22H25N3O2/c1-3-27-18-10-6-8-16(14-18)22(26)25-13-7-9-17(15-25)21-23-19-11-4-5-12-20(19)24(21)2/h4-6,8,10-12,14,17H,3,7,9,13,15H2,1-2H3. The average molecular weight is 363 g/mol. The van der Waals surface area contributed by atoms with Crippen LogP contribution in [0, 0.1) is 0 Å². The second-order valence-corrected chi connectivity index (χ2v) is 7.07. The summed E-state index contributed by atoms with van der Waals surface area (Å²) >= 11 is 0. The van der Waals surface area contributed by atoms with Crippen molar-refractivity contribution < 1.29 is 9.53 Å². The Hall–Kier alpha value is -2.82. The predicted molar refractivity (Wildman–Crippen MR) is 106 cm³/mol. The number of rotatable bonds is 4. The number of hydrogen-bond donors (Lipinski definition) is 0. The molecule has 0 aliphatic carbocycles. The van der Waals surface area contributed by atoms with Crippen molar-refractivity contribution in [1.82, 2.24) is 14.5 Å². The Morgan fingerprint density at radius 1 is 1.22 bits per heavy atom. The summed E-state index contributed by atoms with van der Waals surface area (Å²) in [4.78, 5) is 19.8. The van der Waals surface area contributed by atoms with Gasteiger partial charge in [0.15, 0.2) is 0 Å². The SMILES string of the molecule is CCOc1cccc(C(=O)N2CCCC(c3nc4ccccc4n3C)C2)c1. The molecule has 27 heavy (non-hydrogen) atoms. The number of piperidine rings is 1. The molecule has 140 valence electrons. The van der Waals surface area contributed by atoms with Gasteiger partial charge < -0.3 is 14.2 Å². The molecule has 1 aliphatic heterocycles. The van der Waals surface area contributed by atoms with Gasteiger partial charge in [-0.25, -0.2) is 4.98 Å². The van der Waals surface area contributed by atoms with Crippen LogP contribution in [0.4, 0.5) is 0 Å². The lowest BCUT2D eigenvalue weighted by Gasteiger charge is -2.32. The number of benzene rings is 2. The highest BCUT2D eigenvalue weighted by molar-refractivity contribution is 5.94. The average Bonchev–Trinajstić information content (AvgIpc) is 3.05. The first-order chi connectivity index (χ1) is 13.2. The lowest BCUT2D eigenvalue weighted by atomic mass is 9.96. The molecule has 5 nitrogen and oxygen atoms in total. The Bertz CT molecular complexity index is 963. The molecule has 2 heterocycles. The maximum absolute atomic E-state index is 13.0. The molecule has 1 aliphatic rings. The van der Waals surface area contributed by atoms with Gasteiger partial charge in [-0.3, -0.25) is 4.79 Å². The van der Waals surface area contributed by atoms with E-state index in [0.29, 0.717) is 18.7 Å². The third-order valence-electron chi connectivity index (χ3n) is 5.29. The van der Waals surface area contributed by atoms with Crippen LogP contribution in [0.25, 0.3) is 11.0 Å². The van der Waals surface area contributed by atoms with Gasteiger partial charge in [-0.1, -0.05) is 18.2 Å². The molecule has 1 fully saturated rings. The number of para-hydroxylation sites is 2. The Kier molecular flexibility index (Phi) is 4.84. The largest absolute Gasteiger partial charge is 0.494 e. The Labute approximate surface area is 159 Å². The summed E-state index contributed by atoms with van der Waals surface area (Å²) in [6.07, 6.45) is 2.05. The van der Waals surface area contributed by atoms with Gasteiger partial charge in [0.1, 0.15) is 11.6 Å². The molecule has 0 saturated carbocycles. The van der Waals surface area contributed by atoms with Crippen molar-refractivity contribution in [1.29, 1.82) is 0 Å². The van der Waals surface area contributed by atoms with E-state index in [2.05, 4.69) is 17.7 Å². The van der Waals surface area contributed by atoms with Crippen LogP contribution in [0.5, 0.6) is 5.75 Å². The van der Waals surface area contributed by atoms with Gasteiger partial charge in [-0.15, -0.1) is 0 Å². The fraction of sp³-hybridized carbons (Fsp3) is 0.364. The summed E-state index contributed by atoms with van der Waals surface area (Å²) in [5.41, 5.74) is 2.84. The summed E-state index contributed by atoms with van der Waals surface area (Å²) < 4.78 is 7.71. The number of aromatic nitrogens is 2. The minimum Gasteiger partial charge on any atom is -0.494 e. The van der Waals surface area contributed by atoms with Crippen LogP contribution >= 0.6 is 0 Å². The van der Waals surface area contributed by atoms with E-state index in [9.17, 15) is 4.79 Å². The van der Waals surface area contributed by atoms with E-state index >= 15 is 0 Å². The van der Waals surface area contributed by atoms with Crippen LogP contribution < -0.4 is 4.74 Å². The van der Waals surface area contributed by atoms with E-state index in [1.807, 2.05) is 54.3 Å². The first kappa shape index (κ1) is 17.6. The van der Waals surface area contributed by atoms with Crippen LogP contribution in [0.15, 0.2) is 48.5 Å². The van der Waals surface area contributed by atoms with Crippen molar-refractivity contribution in [3.8, 4) is 5.75 Å². The number of aryl methyl sites for hydroxylation is 1. The molecule has 0 bridgehead atoms. The van der Waals surface area contributed by atoms with E-state index in [1.165, 1.54) is 0 Å². The quantitative estimate of drug-likeness (QED) is 0.704. The zero-order valence-electron chi connectivity index (χ0n) is 15.9. The molecule has 0 spiro atoms. The Morgan fingerprint density at radius 2 is 2.07 bits per heavy atom. The number of fused-ring (bicyclic) bond motifs is 1. The maximum Gasteiger partial charge on any atom is 0.254 e. The third kappa shape index (κ3) is 3.42. The van der Waals surface area contributed by atoms with Crippen LogP contribution in [-0.2, 0) is 7.05 Å². The summed E-state index contributed by atoms with van der Waals surface area (Å²) in [6.45, 7) is 4.03. The van der Waals surface area contributed by atoms with Crippen molar-refractivity contribution in [2.45, 2.75) is 25.7 Å². The number of imidazole rings is 1. The number of ether oxygens (including phenoxy) is 1. The van der Waals surface area contributed by atoms with E-state index < -0.39 is 0 Å². The first-order valence-electron chi connectivity index (χ1n) is 9.61. The van der Waals surface area contributed by atoms with Crippen molar-refractivity contribution >= 4 is 16.9 Å². The molecule has 1 aromatic heterocycles. The highest BCUT2D eigenvalue weighted by Gasteiger charge is 2.28. The molecule has 0 N–H and O–H groups in total. The predicted octanol–water partition coefficient (Wildman–Crippen LogP) is 3.99. The number of carbonyl (C=O) groups excluding carboxylic acids is 1. The highest BCUT2D eigenvalue weighted by Crippen LogP contribution is 2.29. The fourth-order valence-electron chi connectivity index (χ4n) is 3.97. The van der Waals surface area contributed by atoms with Crippen LogP contribution in [0.2, 0.25) is 0 Å². The van der Waals surface area contributed by atoms with Gasteiger partial charge in [-0.2, -0.15) is 0 Å². The molecule has 0 radical (unpaired) electrons. The Balaban J connectivity index is 1.56. The van der Waals surface area contributed by atoms with Crippen LogP contribution in [0.1, 0.15) is 41.9 Å². The lowest BCUT2D eigenvalue weighted by molar-refractivity contribution is 0.0703. The van der Waals surface area contributed by atoms with E-state index in [4.69, 9.17) is 9.72 Å². The smallest absolute Gasteiger partial charge is 0.254 e. The van der Waals surface area contributed by atoms with E-state index in [1.54, 1.807) is 0 Å². The summed E-state index contributed by atoms with van der Waals surface area (Å²) in [7, 11) is 2.07. The summed E-state index contributed by atoms with van der Waals surface area (Å²) in [5.74, 6) is 2.14. The topological polar surface area (TPSA) is 47.4 Å². The van der Waals surface area contributed by atoms with Crippen molar-refractivity contribution in [2.24, 2.45) is 7.05 Å². The third-order valence-corrected chi connectivity index (χ3v) is 5.29. The van der Waals surface area contributed by atoms with Gasteiger partial charge in [0.25, 0.3) is 5.91 Å². The number of nitrogens with zero attached hydrogens (tertiary/aromatic N) is 3. The molecule has 3 aromatic rings. The number of carbonyl (C=O) groups is 1. The molecule has 1 atom stereocenters. The summed E-state index contributed by atoms with van der Waals surface area (Å²) in [5, 5.41) is 0. The van der Waals surface area contributed by atoms with E-state index in [0.717, 1.165) is 42.0 Å². The van der Waals surface area contributed by atoms with Gasteiger partial charge in [0.05, 0.1) is 17.6 Å². The van der Waals surface area contributed by atoms with Crippen molar-refractivity contribution in [2.75, 3.05) is 19.7 Å². The molecule has 2 aromatic carbocycles. The molecular weight excluding hydrogens is 338 g/mol.